The monoisotopic (exact) mass is 400 g/mol. The molecule has 2 nitrogen and oxygen atoms in total. The van der Waals surface area contributed by atoms with E-state index in [9.17, 15) is 10.2 Å². The van der Waals surface area contributed by atoms with E-state index in [0.717, 1.165) is 42.9 Å². The van der Waals surface area contributed by atoms with Crippen molar-refractivity contribution in [3.05, 3.63) is 23.8 Å². The lowest BCUT2D eigenvalue weighted by Gasteiger charge is -2.58. The van der Waals surface area contributed by atoms with Gasteiger partial charge in [0.15, 0.2) is 0 Å². The zero-order valence-electron chi connectivity index (χ0n) is 19.5. The molecule has 0 unspecified atom stereocenters. The van der Waals surface area contributed by atoms with Crippen LogP contribution in [-0.2, 0) is 0 Å². The molecule has 0 spiro atoms. The van der Waals surface area contributed by atoms with Gasteiger partial charge in [-0.25, -0.2) is 0 Å². The maximum atomic E-state index is 10.2. The van der Waals surface area contributed by atoms with Gasteiger partial charge in [0, 0.05) is 0 Å². The summed E-state index contributed by atoms with van der Waals surface area (Å²) in [5, 5.41) is 20.2. The molecule has 3 saturated carbocycles. The second-order valence-electron chi connectivity index (χ2n) is 12.2. The predicted octanol–water partition coefficient (Wildman–Crippen LogP) is 6.28. The molecule has 3 fully saturated rings. The van der Waals surface area contributed by atoms with Crippen LogP contribution in [0, 0.1) is 40.4 Å². The summed E-state index contributed by atoms with van der Waals surface area (Å²) in [4.78, 5) is 0. The topological polar surface area (TPSA) is 40.5 Å². The molecule has 0 aliphatic heterocycles. The highest BCUT2D eigenvalue weighted by Gasteiger charge is 2.59. The van der Waals surface area contributed by atoms with Gasteiger partial charge in [-0.2, -0.15) is 0 Å². The van der Waals surface area contributed by atoms with Crippen molar-refractivity contribution in [2.24, 2.45) is 40.4 Å². The van der Waals surface area contributed by atoms with Gasteiger partial charge in [0.2, 0.25) is 0 Å². The molecule has 29 heavy (non-hydrogen) atoms. The molecule has 2 N–H and O–H groups in total. The number of hydrogen-bond donors (Lipinski definition) is 2. The van der Waals surface area contributed by atoms with Gasteiger partial charge in [0.25, 0.3) is 0 Å². The van der Waals surface area contributed by atoms with Gasteiger partial charge in [-0.3, -0.25) is 0 Å². The Balaban J connectivity index is 1.51. The highest BCUT2D eigenvalue weighted by Crippen LogP contribution is 2.67. The molecule has 2 heteroatoms. The molecule has 0 aromatic carbocycles. The van der Waals surface area contributed by atoms with Crippen LogP contribution < -0.4 is 0 Å². The van der Waals surface area contributed by atoms with Crippen LogP contribution in [0.2, 0.25) is 0 Å². The van der Waals surface area contributed by atoms with E-state index in [1.165, 1.54) is 38.5 Å². The smallest absolute Gasteiger partial charge is 0.0771 e. The highest BCUT2D eigenvalue weighted by atomic mass is 16.3. The molecule has 8 atom stereocenters. The second kappa shape index (κ2) is 7.52. The summed E-state index contributed by atoms with van der Waals surface area (Å²) in [6, 6.07) is 0. The van der Waals surface area contributed by atoms with Crippen molar-refractivity contribution in [1.82, 2.24) is 0 Å². The average molecular weight is 401 g/mol. The van der Waals surface area contributed by atoms with Crippen LogP contribution in [0.15, 0.2) is 23.8 Å². The maximum absolute atomic E-state index is 10.2. The second-order valence-corrected chi connectivity index (χ2v) is 12.2. The van der Waals surface area contributed by atoms with Crippen LogP contribution in [0.3, 0.4) is 0 Å². The number of rotatable bonds is 4. The Morgan fingerprint density at radius 3 is 2.62 bits per heavy atom. The summed E-state index contributed by atoms with van der Waals surface area (Å²) in [6.45, 7) is 11.3. The van der Waals surface area contributed by atoms with Crippen LogP contribution >= 0.6 is 0 Å². The first kappa shape index (κ1) is 21.6. The first-order valence-corrected chi connectivity index (χ1v) is 12.3. The van der Waals surface area contributed by atoms with Crippen molar-refractivity contribution < 1.29 is 10.2 Å². The zero-order valence-corrected chi connectivity index (χ0v) is 19.5. The van der Waals surface area contributed by atoms with Crippen molar-refractivity contribution in [2.45, 2.75) is 104 Å². The molecular weight excluding hydrogens is 356 g/mol. The summed E-state index contributed by atoms with van der Waals surface area (Å²) < 4.78 is 0. The van der Waals surface area contributed by atoms with Gasteiger partial charge in [0.1, 0.15) is 0 Å². The molecule has 0 aromatic rings. The lowest BCUT2D eigenvalue weighted by molar-refractivity contribution is -0.0565. The average Bonchev–Trinajstić information content (AvgIpc) is 2.98. The summed E-state index contributed by atoms with van der Waals surface area (Å²) in [6.07, 6.45) is 17.6. The minimum Gasteiger partial charge on any atom is -0.393 e. The molecule has 0 saturated heterocycles. The Morgan fingerprint density at radius 2 is 1.90 bits per heavy atom. The van der Waals surface area contributed by atoms with Crippen LogP contribution in [-0.4, -0.2) is 21.9 Å². The van der Waals surface area contributed by atoms with Gasteiger partial charge in [-0.15, -0.1) is 0 Å². The van der Waals surface area contributed by atoms with Crippen LogP contribution in [0.5, 0.6) is 0 Å². The number of allylic oxidation sites excluding steroid dienone is 2. The van der Waals surface area contributed by atoms with E-state index >= 15 is 0 Å². The molecule has 4 rings (SSSR count). The van der Waals surface area contributed by atoms with Gasteiger partial charge in [-0.05, 0) is 112 Å². The van der Waals surface area contributed by atoms with Crippen LogP contribution in [0.4, 0.5) is 0 Å². The number of aliphatic hydroxyl groups excluding tert-OH is 1. The number of aliphatic hydroxyl groups is 2. The fraction of sp³-hybridized carbons (Fsp3) is 0.852. The maximum Gasteiger partial charge on any atom is 0.0771 e. The standard InChI is InChI=1S/C27H44O2/c1-18(7-6-14-25(2,3)29)22-10-11-23-21-9-8-19-17-20(28)12-15-26(19,4)24(21)13-16-27(22,23)5/h6,8,14,18,20-24,28-29H,7,9-13,15-17H2,1-5H3/b14-6+/t18-,20+,21+,22-,23+,24+,26+,27-/m1/s1. The third-order valence-corrected chi connectivity index (χ3v) is 9.87. The first-order valence-electron chi connectivity index (χ1n) is 12.3. The van der Waals surface area contributed by atoms with E-state index in [-0.39, 0.29) is 6.10 Å². The minimum atomic E-state index is -0.699. The quantitative estimate of drug-likeness (QED) is 0.545. The van der Waals surface area contributed by atoms with Gasteiger partial charge in [-0.1, -0.05) is 44.6 Å². The molecule has 0 bridgehead atoms. The Labute approximate surface area is 178 Å². The summed E-state index contributed by atoms with van der Waals surface area (Å²) in [5.41, 5.74) is 1.72. The van der Waals surface area contributed by atoms with Crippen molar-refractivity contribution in [2.75, 3.05) is 0 Å². The van der Waals surface area contributed by atoms with Gasteiger partial charge in [0.05, 0.1) is 11.7 Å². The zero-order chi connectivity index (χ0) is 21.0. The lowest BCUT2D eigenvalue weighted by atomic mass is 9.47. The van der Waals surface area contributed by atoms with Crippen molar-refractivity contribution in [3.8, 4) is 0 Å². The van der Waals surface area contributed by atoms with Crippen molar-refractivity contribution in [3.63, 3.8) is 0 Å². The molecule has 0 aromatic heterocycles. The summed E-state index contributed by atoms with van der Waals surface area (Å²) >= 11 is 0. The van der Waals surface area contributed by atoms with E-state index in [4.69, 9.17) is 0 Å². The fourth-order valence-electron chi connectivity index (χ4n) is 8.35. The number of hydrogen-bond acceptors (Lipinski definition) is 2. The highest BCUT2D eigenvalue weighted by molar-refractivity contribution is 5.25. The van der Waals surface area contributed by atoms with Crippen LogP contribution in [0.1, 0.15) is 92.4 Å². The van der Waals surface area contributed by atoms with Crippen molar-refractivity contribution >= 4 is 0 Å². The Hall–Kier alpha value is -0.600. The molecule has 0 amide bonds. The summed E-state index contributed by atoms with van der Waals surface area (Å²) in [5.74, 6) is 4.05. The minimum absolute atomic E-state index is 0.103. The van der Waals surface area contributed by atoms with Crippen LogP contribution in [0.25, 0.3) is 0 Å². The predicted molar refractivity (Wildman–Crippen MR) is 120 cm³/mol. The normalized spacial score (nSPS) is 46.0. The van der Waals surface area contributed by atoms with Crippen molar-refractivity contribution in [1.29, 1.82) is 0 Å². The van der Waals surface area contributed by atoms with E-state index in [0.29, 0.717) is 16.7 Å². The van der Waals surface area contributed by atoms with Gasteiger partial charge < -0.3 is 10.2 Å². The molecule has 4 aliphatic carbocycles. The first-order chi connectivity index (χ1) is 13.5. The molecule has 4 aliphatic rings. The Bertz CT molecular complexity index is 671. The third-order valence-electron chi connectivity index (χ3n) is 9.87. The SMILES string of the molecule is C[C@H](C/C=C/C(C)(C)O)[C@H]1CC[C@H]2[C@@H]3CC=C4C[C@@H](O)CC[C@]4(C)[C@H]3CC[C@]12C. The molecule has 0 radical (unpaired) electrons. The fourth-order valence-corrected chi connectivity index (χ4v) is 8.35. The van der Waals surface area contributed by atoms with E-state index in [1.54, 1.807) is 5.57 Å². The largest absolute Gasteiger partial charge is 0.393 e. The third kappa shape index (κ3) is 3.78. The summed E-state index contributed by atoms with van der Waals surface area (Å²) in [7, 11) is 0. The van der Waals surface area contributed by atoms with E-state index < -0.39 is 5.60 Å². The van der Waals surface area contributed by atoms with E-state index in [1.807, 2.05) is 19.9 Å². The molecule has 0 heterocycles. The molecular formula is C27H44O2. The lowest BCUT2D eigenvalue weighted by Crippen LogP contribution is -2.50. The Kier molecular flexibility index (Phi) is 5.61. The number of fused-ring (bicyclic) bond motifs is 5. The van der Waals surface area contributed by atoms with Gasteiger partial charge >= 0.3 is 0 Å². The Morgan fingerprint density at radius 1 is 1.14 bits per heavy atom. The molecule has 164 valence electrons. The van der Waals surface area contributed by atoms with E-state index in [2.05, 4.69) is 32.9 Å².